The summed E-state index contributed by atoms with van der Waals surface area (Å²) >= 11 is 0. The van der Waals surface area contributed by atoms with Crippen molar-refractivity contribution in [2.45, 2.75) is 51.5 Å². The molecule has 1 saturated heterocycles. The maximum Gasteiger partial charge on any atom is 0.306 e. The molecule has 1 saturated carbocycles. The molecule has 1 aromatic rings. The lowest BCUT2D eigenvalue weighted by atomic mass is 9.86. The van der Waals surface area contributed by atoms with Crippen LogP contribution in [-0.4, -0.2) is 36.1 Å². The number of carboxylic acids is 1. The highest BCUT2D eigenvalue weighted by atomic mass is 16.4. The van der Waals surface area contributed by atoms with E-state index in [-0.39, 0.29) is 17.9 Å². The van der Waals surface area contributed by atoms with E-state index in [4.69, 9.17) is 5.11 Å². The third kappa shape index (κ3) is 3.71. The first-order chi connectivity index (χ1) is 11.5. The Labute approximate surface area is 143 Å². The molecule has 24 heavy (non-hydrogen) atoms. The second kappa shape index (κ2) is 7.24. The predicted octanol–water partition coefficient (Wildman–Crippen LogP) is 2.97. The first-order valence-corrected chi connectivity index (χ1v) is 8.94. The van der Waals surface area contributed by atoms with Gasteiger partial charge in [-0.2, -0.15) is 0 Å². The fourth-order valence-electron chi connectivity index (χ4n) is 3.81. The summed E-state index contributed by atoms with van der Waals surface area (Å²) in [7, 11) is 0. The van der Waals surface area contributed by atoms with Crippen LogP contribution in [0.4, 0.5) is 5.69 Å². The van der Waals surface area contributed by atoms with Crippen LogP contribution in [0.3, 0.4) is 0 Å². The molecular weight excluding hydrogens is 304 g/mol. The van der Waals surface area contributed by atoms with Crippen molar-refractivity contribution in [3.8, 4) is 0 Å². The molecular formula is C19H26N2O3. The van der Waals surface area contributed by atoms with Crippen molar-refractivity contribution >= 4 is 17.6 Å². The van der Waals surface area contributed by atoms with E-state index in [2.05, 4.69) is 22.3 Å². The van der Waals surface area contributed by atoms with Gasteiger partial charge in [0.2, 0.25) is 0 Å². The van der Waals surface area contributed by atoms with Gasteiger partial charge in [-0.3, -0.25) is 9.59 Å². The number of carbonyl (C=O) groups is 2. The maximum absolute atomic E-state index is 12.8. The number of nitrogens with one attached hydrogen (secondary N) is 1. The number of carbonyl (C=O) groups excluding carboxylic acids is 1. The number of hydrogen-bond donors (Lipinski definition) is 2. The number of aryl methyl sites for hydroxylation is 1. The molecule has 0 spiro atoms. The molecule has 0 unspecified atom stereocenters. The van der Waals surface area contributed by atoms with Gasteiger partial charge in [0.05, 0.1) is 11.5 Å². The summed E-state index contributed by atoms with van der Waals surface area (Å²) in [4.78, 5) is 26.1. The van der Waals surface area contributed by atoms with Crippen LogP contribution in [0.1, 0.15) is 54.4 Å². The zero-order chi connectivity index (χ0) is 17.1. The Hall–Kier alpha value is -2.04. The van der Waals surface area contributed by atoms with Crippen molar-refractivity contribution in [1.29, 1.82) is 0 Å². The number of benzene rings is 1. The van der Waals surface area contributed by atoms with Crippen LogP contribution in [0.25, 0.3) is 0 Å². The topological polar surface area (TPSA) is 69.6 Å². The second-order valence-electron chi connectivity index (χ2n) is 7.08. The van der Waals surface area contributed by atoms with Crippen molar-refractivity contribution in [3.63, 3.8) is 0 Å². The first kappa shape index (κ1) is 16.8. The van der Waals surface area contributed by atoms with E-state index >= 15 is 0 Å². The first-order valence-electron chi connectivity index (χ1n) is 8.94. The van der Waals surface area contributed by atoms with Gasteiger partial charge in [0.1, 0.15) is 0 Å². The van der Waals surface area contributed by atoms with E-state index in [1.807, 2.05) is 13.0 Å². The fourth-order valence-corrected chi connectivity index (χ4v) is 3.81. The van der Waals surface area contributed by atoms with Crippen LogP contribution in [0, 0.1) is 12.8 Å². The number of nitrogens with zero attached hydrogens (tertiary/aromatic N) is 1. The molecule has 0 bridgehead atoms. The third-order valence-corrected chi connectivity index (χ3v) is 5.26. The minimum atomic E-state index is -0.713. The normalized spacial score (nSPS) is 24.0. The molecule has 0 radical (unpaired) electrons. The van der Waals surface area contributed by atoms with Gasteiger partial charge in [-0.15, -0.1) is 0 Å². The predicted molar refractivity (Wildman–Crippen MR) is 93.5 cm³/mol. The highest BCUT2D eigenvalue weighted by molar-refractivity contribution is 6.00. The number of carboxylic acid groups (broad SMARTS) is 1. The Morgan fingerprint density at radius 3 is 2.42 bits per heavy atom. The fraction of sp³-hybridized carbons (Fsp3) is 0.579. The van der Waals surface area contributed by atoms with E-state index in [9.17, 15) is 9.59 Å². The van der Waals surface area contributed by atoms with E-state index in [1.54, 1.807) is 0 Å². The molecule has 130 valence electrons. The van der Waals surface area contributed by atoms with Crippen LogP contribution in [0.15, 0.2) is 18.2 Å². The summed E-state index contributed by atoms with van der Waals surface area (Å²) in [5, 5.41) is 12.2. The SMILES string of the molecule is Cc1ccc(N2CCCC2)c(C(=O)NC2CCC(C(=O)O)CC2)c1. The number of rotatable bonds is 4. The van der Waals surface area contributed by atoms with Crippen LogP contribution < -0.4 is 10.2 Å². The van der Waals surface area contributed by atoms with Crippen LogP contribution in [0.5, 0.6) is 0 Å². The van der Waals surface area contributed by atoms with Crippen LogP contribution >= 0.6 is 0 Å². The molecule has 1 heterocycles. The quantitative estimate of drug-likeness (QED) is 0.890. The Morgan fingerprint density at radius 1 is 1.12 bits per heavy atom. The van der Waals surface area contributed by atoms with Gasteiger partial charge < -0.3 is 15.3 Å². The highest BCUT2D eigenvalue weighted by Gasteiger charge is 2.28. The Kier molecular flexibility index (Phi) is 5.07. The molecule has 2 N–H and O–H groups in total. The molecule has 0 aromatic heterocycles. The molecule has 1 aromatic carbocycles. The van der Waals surface area contributed by atoms with Crippen molar-refractivity contribution in [3.05, 3.63) is 29.3 Å². The number of aliphatic carboxylic acids is 1. The maximum atomic E-state index is 12.8. The van der Waals surface area contributed by atoms with Gasteiger partial charge in [-0.1, -0.05) is 11.6 Å². The molecule has 1 aliphatic heterocycles. The van der Waals surface area contributed by atoms with Crippen LogP contribution in [-0.2, 0) is 4.79 Å². The lowest BCUT2D eigenvalue weighted by molar-refractivity contribution is -0.142. The van der Waals surface area contributed by atoms with Crippen molar-refractivity contribution in [2.24, 2.45) is 5.92 Å². The minimum absolute atomic E-state index is 0.0284. The summed E-state index contributed by atoms with van der Waals surface area (Å²) < 4.78 is 0. The van der Waals surface area contributed by atoms with E-state index in [0.717, 1.165) is 42.7 Å². The average molecular weight is 330 g/mol. The van der Waals surface area contributed by atoms with Gasteiger partial charge in [-0.25, -0.2) is 0 Å². The lowest BCUT2D eigenvalue weighted by Crippen LogP contribution is -2.39. The van der Waals surface area contributed by atoms with Gasteiger partial charge in [0.15, 0.2) is 0 Å². The monoisotopic (exact) mass is 330 g/mol. The molecule has 2 fully saturated rings. The zero-order valence-corrected chi connectivity index (χ0v) is 14.3. The molecule has 1 aliphatic carbocycles. The Balaban J connectivity index is 1.69. The van der Waals surface area contributed by atoms with Crippen LogP contribution in [0.2, 0.25) is 0 Å². The third-order valence-electron chi connectivity index (χ3n) is 5.26. The zero-order valence-electron chi connectivity index (χ0n) is 14.3. The van der Waals surface area contributed by atoms with E-state index < -0.39 is 5.97 Å². The minimum Gasteiger partial charge on any atom is -0.481 e. The van der Waals surface area contributed by atoms with E-state index in [0.29, 0.717) is 12.8 Å². The summed E-state index contributed by atoms with van der Waals surface area (Å²) in [6.45, 7) is 4.02. The molecule has 3 rings (SSSR count). The number of hydrogen-bond acceptors (Lipinski definition) is 3. The van der Waals surface area contributed by atoms with Crippen molar-refractivity contribution in [1.82, 2.24) is 5.32 Å². The van der Waals surface area contributed by atoms with Gasteiger partial charge >= 0.3 is 5.97 Å². The van der Waals surface area contributed by atoms with E-state index in [1.165, 1.54) is 12.8 Å². The standard InChI is InChI=1S/C19H26N2O3/c1-13-4-9-17(21-10-2-3-11-21)16(12-13)18(22)20-15-7-5-14(6-8-15)19(23)24/h4,9,12,14-15H,2-3,5-8,10-11H2,1H3,(H,20,22)(H,23,24). The summed E-state index contributed by atoms with van der Waals surface area (Å²) in [6, 6.07) is 6.16. The lowest BCUT2D eigenvalue weighted by Gasteiger charge is -2.28. The van der Waals surface area contributed by atoms with Gasteiger partial charge in [0.25, 0.3) is 5.91 Å². The molecule has 5 heteroatoms. The number of anilines is 1. The van der Waals surface area contributed by atoms with Gasteiger partial charge in [0, 0.05) is 24.8 Å². The summed E-state index contributed by atoms with van der Waals surface area (Å²) in [5.41, 5.74) is 2.85. The molecule has 0 atom stereocenters. The average Bonchev–Trinajstić information content (AvgIpc) is 3.09. The summed E-state index contributed by atoms with van der Waals surface area (Å²) in [5.74, 6) is -0.994. The van der Waals surface area contributed by atoms with Gasteiger partial charge in [-0.05, 0) is 57.6 Å². The molecule has 5 nitrogen and oxygen atoms in total. The highest BCUT2D eigenvalue weighted by Crippen LogP contribution is 2.28. The number of amides is 1. The van der Waals surface area contributed by atoms with Crippen molar-refractivity contribution in [2.75, 3.05) is 18.0 Å². The second-order valence-corrected chi connectivity index (χ2v) is 7.08. The molecule has 2 aliphatic rings. The smallest absolute Gasteiger partial charge is 0.306 e. The largest absolute Gasteiger partial charge is 0.481 e. The Bertz CT molecular complexity index is 615. The van der Waals surface area contributed by atoms with Crippen molar-refractivity contribution < 1.29 is 14.7 Å². The Morgan fingerprint density at radius 2 is 1.79 bits per heavy atom. The molecule has 1 amide bonds. The summed E-state index contributed by atoms with van der Waals surface area (Å²) in [6.07, 6.45) is 5.13.